The molecule has 30 heavy (non-hydrogen) atoms. The molecule has 6 nitrogen and oxygen atoms in total. The normalized spacial score (nSPS) is 17.0. The van der Waals surface area contributed by atoms with Gasteiger partial charge in [-0.15, -0.1) is 0 Å². The van der Waals surface area contributed by atoms with Crippen LogP contribution in [0, 0.1) is 24.5 Å². The number of hydrogen-bond acceptors (Lipinski definition) is 4. The van der Waals surface area contributed by atoms with Gasteiger partial charge < -0.3 is 10.3 Å². The van der Waals surface area contributed by atoms with Gasteiger partial charge in [-0.05, 0) is 57.3 Å². The Labute approximate surface area is 172 Å². The fraction of sp³-hybridized carbons (Fsp3) is 0.318. The zero-order chi connectivity index (χ0) is 20.7. The number of pyridine rings is 2. The minimum absolute atomic E-state index is 0.115. The van der Waals surface area contributed by atoms with Gasteiger partial charge in [0, 0.05) is 24.0 Å². The van der Waals surface area contributed by atoms with Crippen molar-refractivity contribution in [1.29, 1.82) is 0 Å². The smallest absolute Gasteiger partial charge is 0.154 e. The zero-order valence-electron chi connectivity index (χ0n) is 16.6. The van der Waals surface area contributed by atoms with Crippen molar-refractivity contribution in [2.45, 2.75) is 26.2 Å². The molecule has 4 aromatic heterocycles. The van der Waals surface area contributed by atoms with Crippen LogP contribution < -0.4 is 5.32 Å². The summed E-state index contributed by atoms with van der Waals surface area (Å²) in [4.78, 5) is 16.3. The average molecular weight is 408 g/mol. The van der Waals surface area contributed by atoms with Crippen LogP contribution in [0.5, 0.6) is 0 Å². The first-order valence-corrected chi connectivity index (χ1v) is 10.1. The molecule has 0 unspecified atom stereocenters. The summed E-state index contributed by atoms with van der Waals surface area (Å²) in [6.45, 7) is 3.73. The maximum absolute atomic E-state index is 14.7. The number of aromatic amines is 1. The number of rotatable bonds is 4. The van der Waals surface area contributed by atoms with E-state index in [1.54, 1.807) is 16.8 Å². The number of nitrogens with zero attached hydrogens (tertiary/aromatic N) is 4. The average Bonchev–Trinajstić information content (AvgIpc) is 3.36. The van der Waals surface area contributed by atoms with Gasteiger partial charge in [0.2, 0.25) is 0 Å². The third kappa shape index (κ3) is 3.47. The molecular formula is C22H22F2N6. The lowest BCUT2D eigenvalue weighted by Crippen LogP contribution is -2.31. The third-order valence-corrected chi connectivity index (χ3v) is 5.62. The highest BCUT2D eigenvalue weighted by molar-refractivity contribution is 5.66. The molecule has 5 heterocycles. The summed E-state index contributed by atoms with van der Waals surface area (Å²) in [6, 6.07) is 4.69. The second kappa shape index (κ2) is 7.60. The van der Waals surface area contributed by atoms with Crippen molar-refractivity contribution >= 4 is 5.65 Å². The summed E-state index contributed by atoms with van der Waals surface area (Å²) >= 11 is 0. The second-order valence-corrected chi connectivity index (χ2v) is 7.84. The van der Waals surface area contributed by atoms with Gasteiger partial charge in [0.25, 0.3) is 0 Å². The van der Waals surface area contributed by atoms with Gasteiger partial charge >= 0.3 is 0 Å². The van der Waals surface area contributed by atoms with E-state index in [2.05, 4.69) is 25.3 Å². The largest absolute Gasteiger partial charge is 0.344 e. The molecular weight excluding hydrogens is 386 g/mol. The Morgan fingerprint density at radius 2 is 2.10 bits per heavy atom. The molecule has 154 valence electrons. The molecule has 1 aliphatic rings. The molecule has 1 fully saturated rings. The van der Waals surface area contributed by atoms with Crippen LogP contribution in [0.15, 0.2) is 36.8 Å². The van der Waals surface area contributed by atoms with Crippen LogP contribution in [0.4, 0.5) is 8.78 Å². The Morgan fingerprint density at radius 3 is 2.87 bits per heavy atom. The first-order chi connectivity index (χ1) is 14.6. The van der Waals surface area contributed by atoms with Crippen molar-refractivity contribution in [3.63, 3.8) is 0 Å². The summed E-state index contributed by atoms with van der Waals surface area (Å²) in [5.74, 6) is -0.230. The fourth-order valence-corrected chi connectivity index (χ4v) is 4.06. The van der Waals surface area contributed by atoms with Crippen molar-refractivity contribution in [3.05, 3.63) is 59.8 Å². The van der Waals surface area contributed by atoms with Gasteiger partial charge in [-0.3, -0.25) is 4.40 Å². The van der Waals surface area contributed by atoms with Crippen molar-refractivity contribution in [3.8, 4) is 22.8 Å². The molecule has 0 spiro atoms. The number of fused-ring (bicyclic) bond motifs is 1. The van der Waals surface area contributed by atoms with Crippen LogP contribution in [-0.2, 0) is 6.42 Å². The van der Waals surface area contributed by atoms with Crippen LogP contribution in [0.25, 0.3) is 28.4 Å². The van der Waals surface area contributed by atoms with Crippen molar-refractivity contribution < 1.29 is 8.78 Å². The first kappa shape index (κ1) is 18.9. The molecule has 1 saturated heterocycles. The highest BCUT2D eigenvalue weighted by Crippen LogP contribution is 2.27. The molecule has 0 radical (unpaired) electrons. The molecule has 0 aliphatic carbocycles. The highest BCUT2D eigenvalue weighted by atomic mass is 19.1. The van der Waals surface area contributed by atoms with Crippen LogP contribution >= 0.6 is 0 Å². The third-order valence-electron chi connectivity index (χ3n) is 5.62. The van der Waals surface area contributed by atoms with Crippen LogP contribution in [0.2, 0.25) is 0 Å². The van der Waals surface area contributed by atoms with Crippen molar-refractivity contribution in [2.75, 3.05) is 13.1 Å². The maximum atomic E-state index is 14.7. The van der Waals surface area contributed by atoms with Crippen LogP contribution in [0.1, 0.15) is 24.2 Å². The monoisotopic (exact) mass is 408 g/mol. The molecule has 1 aliphatic heterocycles. The summed E-state index contributed by atoms with van der Waals surface area (Å²) in [5.41, 5.74) is 3.33. The summed E-state index contributed by atoms with van der Waals surface area (Å²) in [6.07, 6.45) is 7.78. The van der Waals surface area contributed by atoms with E-state index in [0.717, 1.165) is 49.1 Å². The number of piperidine rings is 1. The van der Waals surface area contributed by atoms with E-state index in [0.29, 0.717) is 29.4 Å². The van der Waals surface area contributed by atoms with Crippen molar-refractivity contribution in [1.82, 2.24) is 29.7 Å². The lowest BCUT2D eigenvalue weighted by molar-refractivity contribution is 0.368. The Bertz CT molecular complexity index is 1210. The maximum Gasteiger partial charge on any atom is 0.154 e. The van der Waals surface area contributed by atoms with Gasteiger partial charge in [-0.25, -0.2) is 23.7 Å². The topological polar surface area (TPSA) is 70.9 Å². The highest BCUT2D eigenvalue weighted by Gasteiger charge is 2.21. The van der Waals surface area contributed by atoms with E-state index in [9.17, 15) is 8.78 Å². The Balaban J connectivity index is 1.52. The SMILES string of the molecule is Cc1c[nH]c(-c2ccn3c(-c4nc(C[C@@H]5CCCNC5)c(F)cc4F)cnc3c2)n1. The van der Waals surface area contributed by atoms with Gasteiger partial charge in [-0.2, -0.15) is 0 Å². The Hall–Kier alpha value is -3.13. The molecule has 4 aromatic rings. The molecule has 5 rings (SSSR count). The predicted octanol–water partition coefficient (Wildman–Crippen LogP) is 3.92. The number of halogens is 2. The number of hydrogen-bond donors (Lipinski definition) is 2. The number of imidazole rings is 2. The minimum Gasteiger partial charge on any atom is -0.344 e. The lowest BCUT2D eigenvalue weighted by Gasteiger charge is -2.22. The zero-order valence-corrected chi connectivity index (χ0v) is 16.6. The molecule has 0 saturated carbocycles. The Kier molecular flexibility index (Phi) is 4.78. The van der Waals surface area contributed by atoms with E-state index in [1.807, 2.05) is 25.3 Å². The van der Waals surface area contributed by atoms with Gasteiger partial charge in [-0.1, -0.05) is 0 Å². The summed E-state index contributed by atoms with van der Waals surface area (Å²) < 4.78 is 30.9. The number of aryl methyl sites for hydroxylation is 1. The van der Waals surface area contributed by atoms with Crippen molar-refractivity contribution in [2.24, 2.45) is 5.92 Å². The van der Waals surface area contributed by atoms with Gasteiger partial charge in [0.05, 0.1) is 23.3 Å². The first-order valence-electron chi connectivity index (χ1n) is 10.1. The minimum atomic E-state index is -0.689. The van der Waals surface area contributed by atoms with E-state index >= 15 is 0 Å². The Morgan fingerprint density at radius 1 is 1.20 bits per heavy atom. The molecule has 8 heteroatoms. The van der Waals surface area contributed by atoms with E-state index in [-0.39, 0.29) is 5.69 Å². The number of aromatic nitrogens is 5. The molecule has 2 N–H and O–H groups in total. The van der Waals surface area contributed by atoms with Gasteiger partial charge in [0.15, 0.2) is 5.82 Å². The number of nitrogens with one attached hydrogen (secondary N) is 2. The molecule has 0 aromatic carbocycles. The van der Waals surface area contributed by atoms with E-state index in [1.165, 1.54) is 0 Å². The predicted molar refractivity (Wildman–Crippen MR) is 110 cm³/mol. The second-order valence-electron chi connectivity index (χ2n) is 7.84. The standard InChI is InChI=1S/C22H22F2N6/c1-13-10-27-22(28-13)15-4-6-30-19(12-26-20(30)8-15)21-17(24)9-16(23)18(29-21)7-14-3-2-5-25-11-14/h4,6,8-10,12,14,25H,2-3,5,7,11H2,1H3,(H,27,28)/t14-/m0/s1. The molecule has 1 atom stereocenters. The van der Waals surface area contributed by atoms with E-state index < -0.39 is 11.6 Å². The fourth-order valence-electron chi connectivity index (χ4n) is 4.06. The van der Waals surface area contributed by atoms with Crippen LogP contribution in [-0.4, -0.2) is 37.4 Å². The summed E-state index contributed by atoms with van der Waals surface area (Å²) in [5, 5.41) is 3.33. The van der Waals surface area contributed by atoms with Gasteiger partial charge in [0.1, 0.15) is 23.0 Å². The lowest BCUT2D eigenvalue weighted by atomic mass is 9.94. The summed E-state index contributed by atoms with van der Waals surface area (Å²) in [7, 11) is 0. The van der Waals surface area contributed by atoms with E-state index in [4.69, 9.17) is 0 Å². The quantitative estimate of drug-likeness (QED) is 0.537. The molecule has 0 bridgehead atoms. The molecule has 0 amide bonds. The van der Waals surface area contributed by atoms with Crippen LogP contribution in [0.3, 0.4) is 0 Å². The number of H-pyrrole nitrogens is 1.